The molecule has 2 fully saturated rings. The molecule has 0 aromatic carbocycles. The molecule has 1 atom stereocenters. The summed E-state index contributed by atoms with van der Waals surface area (Å²) in [5.41, 5.74) is 1.06. The van der Waals surface area contributed by atoms with Gasteiger partial charge in [0.1, 0.15) is 0 Å². The lowest BCUT2D eigenvalue weighted by Crippen LogP contribution is -2.28. The van der Waals surface area contributed by atoms with Gasteiger partial charge in [-0.25, -0.2) is 0 Å². The van der Waals surface area contributed by atoms with Crippen molar-refractivity contribution in [1.29, 1.82) is 0 Å². The Kier molecular flexibility index (Phi) is 3.13. The van der Waals surface area contributed by atoms with Crippen LogP contribution in [0.5, 0.6) is 0 Å². The Bertz CT molecular complexity index is 276. The van der Waals surface area contributed by atoms with Gasteiger partial charge in [0.05, 0.1) is 0 Å². The zero-order chi connectivity index (χ0) is 10.8. The predicted molar refractivity (Wildman–Crippen MR) is 61.5 cm³/mol. The van der Waals surface area contributed by atoms with Crippen molar-refractivity contribution in [3.8, 4) is 0 Å². The zero-order valence-corrected chi connectivity index (χ0v) is 9.83. The average molecular weight is 207 g/mol. The predicted octanol–water partition coefficient (Wildman–Crippen LogP) is 2.60. The number of ketones is 1. The molecule has 0 bridgehead atoms. The molecule has 2 nitrogen and oxygen atoms in total. The fourth-order valence-electron chi connectivity index (χ4n) is 2.73. The maximum atomic E-state index is 11.7. The quantitative estimate of drug-likeness (QED) is 0.649. The van der Waals surface area contributed by atoms with Crippen LogP contribution >= 0.6 is 0 Å². The molecule has 0 aromatic rings. The van der Waals surface area contributed by atoms with Gasteiger partial charge in [-0.2, -0.15) is 0 Å². The third-order valence-electron chi connectivity index (χ3n) is 3.81. The van der Waals surface area contributed by atoms with Crippen molar-refractivity contribution in [2.45, 2.75) is 38.5 Å². The van der Waals surface area contributed by atoms with Crippen LogP contribution in [0.1, 0.15) is 38.5 Å². The van der Waals surface area contributed by atoms with Crippen LogP contribution < -0.4 is 0 Å². The molecule has 2 aliphatic carbocycles. The largest absolute Gasteiger partial charge is 0.383 e. The molecule has 0 amide bonds. The molecule has 2 rings (SSSR count). The molecule has 1 unspecified atom stereocenters. The van der Waals surface area contributed by atoms with Crippen molar-refractivity contribution in [3.63, 3.8) is 0 Å². The zero-order valence-electron chi connectivity index (χ0n) is 9.83. The van der Waals surface area contributed by atoms with Crippen LogP contribution in [-0.4, -0.2) is 24.8 Å². The summed E-state index contributed by atoms with van der Waals surface area (Å²) in [5.74, 6) is 2.09. The van der Waals surface area contributed by atoms with Gasteiger partial charge in [0.25, 0.3) is 0 Å². The second-order valence-electron chi connectivity index (χ2n) is 5.23. The molecule has 0 saturated heterocycles. The van der Waals surface area contributed by atoms with E-state index in [-0.39, 0.29) is 0 Å². The number of Topliss-reactive ketones (excluding diaryl/α,β-unsaturated/α-hetero) is 1. The summed E-state index contributed by atoms with van der Waals surface area (Å²) in [5, 5.41) is 0. The molecule has 0 aromatic heterocycles. The summed E-state index contributed by atoms with van der Waals surface area (Å²) >= 11 is 0. The van der Waals surface area contributed by atoms with Gasteiger partial charge in [-0.05, 0) is 24.7 Å². The van der Waals surface area contributed by atoms with E-state index >= 15 is 0 Å². The highest BCUT2D eigenvalue weighted by molar-refractivity contribution is 5.95. The normalized spacial score (nSPS) is 30.4. The minimum Gasteiger partial charge on any atom is -0.383 e. The summed E-state index contributed by atoms with van der Waals surface area (Å²) < 4.78 is 0. The number of hydrogen-bond donors (Lipinski definition) is 0. The Morgan fingerprint density at radius 1 is 1.20 bits per heavy atom. The van der Waals surface area contributed by atoms with Crippen molar-refractivity contribution in [3.05, 3.63) is 11.8 Å². The van der Waals surface area contributed by atoms with Gasteiger partial charge in [0.2, 0.25) is 0 Å². The monoisotopic (exact) mass is 207 g/mol. The van der Waals surface area contributed by atoms with Crippen LogP contribution in [0.25, 0.3) is 0 Å². The summed E-state index contributed by atoms with van der Waals surface area (Å²) in [6, 6.07) is 0. The lowest BCUT2D eigenvalue weighted by Gasteiger charge is -2.36. The van der Waals surface area contributed by atoms with Gasteiger partial charge in [0, 0.05) is 32.3 Å². The SMILES string of the molecule is CN(C)/C=C1/CC(C2CCC2)CCC1=O. The Morgan fingerprint density at radius 2 is 1.93 bits per heavy atom. The molecule has 0 N–H and O–H groups in total. The van der Waals surface area contributed by atoms with Crippen LogP contribution in [0, 0.1) is 11.8 Å². The van der Waals surface area contributed by atoms with E-state index < -0.39 is 0 Å². The molecular formula is C13H21NO. The molecule has 0 aliphatic heterocycles. The van der Waals surface area contributed by atoms with Gasteiger partial charge in [-0.1, -0.05) is 19.3 Å². The Balaban J connectivity index is 2.00. The molecular weight excluding hydrogens is 186 g/mol. The molecule has 2 aliphatic rings. The van der Waals surface area contributed by atoms with E-state index in [1.54, 1.807) is 0 Å². The third-order valence-corrected chi connectivity index (χ3v) is 3.81. The van der Waals surface area contributed by atoms with Gasteiger partial charge in [-0.3, -0.25) is 4.79 Å². The van der Waals surface area contributed by atoms with Gasteiger partial charge >= 0.3 is 0 Å². The van der Waals surface area contributed by atoms with E-state index in [1.807, 2.05) is 25.2 Å². The number of rotatable bonds is 2. The first-order valence-electron chi connectivity index (χ1n) is 6.07. The standard InChI is InChI=1S/C13H21NO/c1-14(2)9-12-8-11(6-7-13(12)15)10-4-3-5-10/h9-11H,3-8H2,1-2H3/b12-9-. The number of allylic oxidation sites excluding steroid dienone is 1. The number of hydrogen-bond acceptors (Lipinski definition) is 2. The van der Waals surface area contributed by atoms with Crippen LogP contribution in [0.3, 0.4) is 0 Å². The maximum Gasteiger partial charge on any atom is 0.160 e. The molecule has 0 spiro atoms. The van der Waals surface area contributed by atoms with E-state index in [2.05, 4.69) is 0 Å². The van der Waals surface area contributed by atoms with Crippen molar-refractivity contribution in [1.82, 2.24) is 4.90 Å². The number of nitrogens with zero attached hydrogens (tertiary/aromatic N) is 1. The first-order chi connectivity index (χ1) is 7.16. The van der Waals surface area contributed by atoms with Crippen LogP contribution in [0.2, 0.25) is 0 Å². The molecule has 0 radical (unpaired) electrons. The first kappa shape index (κ1) is 10.7. The fraction of sp³-hybridized carbons (Fsp3) is 0.769. The van der Waals surface area contributed by atoms with E-state index in [1.165, 1.54) is 19.3 Å². The Labute approximate surface area is 92.3 Å². The second-order valence-corrected chi connectivity index (χ2v) is 5.23. The summed E-state index contributed by atoms with van der Waals surface area (Å²) in [4.78, 5) is 13.7. The van der Waals surface area contributed by atoms with Crippen LogP contribution in [-0.2, 0) is 4.79 Å². The van der Waals surface area contributed by atoms with Crippen molar-refractivity contribution in [2.75, 3.05) is 14.1 Å². The van der Waals surface area contributed by atoms with Crippen molar-refractivity contribution < 1.29 is 4.79 Å². The summed E-state index contributed by atoms with van der Waals surface area (Å²) in [6.45, 7) is 0. The molecule has 84 valence electrons. The Morgan fingerprint density at radius 3 is 2.47 bits per heavy atom. The summed E-state index contributed by atoms with van der Waals surface area (Å²) in [6.07, 6.45) is 9.16. The van der Waals surface area contributed by atoms with E-state index in [9.17, 15) is 4.79 Å². The summed E-state index contributed by atoms with van der Waals surface area (Å²) in [7, 11) is 3.99. The molecule has 15 heavy (non-hydrogen) atoms. The average Bonchev–Trinajstić information content (AvgIpc) is 2.07. The van der Waals surface area contributed by atoms with Crippen LogP contribution in [0.4, 0.5) is 0 Å². The third kappa shape index (κ3) is 2.42. The molecule has 2 saturated carbocycles. The van der Waals surface area contributed by atoms with Gasteiger partial charge < -0.3 is 4.90 Å². The first-order valence-corrected chi connectivity index (χ1v) is 6.07. The highest BCUT2D eigenvalue weighted by atomic mass is 16.1. The van der Waals surface area contributed by atoms with E-state index in [0.29, 0.717) is 5.78 Å². The fourth-order valence-corrected chi connectivity index (χ4v) is 2.73. The minimum absolute atomic E-state index is 0.374. The maximum absolute atomic E-state index is 11.7. The smallest absolute Gasteiger partial charge is 0.160 e. The molecule has 0 heterocycles. The lowest BCUT2D eigenvalue weighted by atomic mass is 9.69. The number of carbonyl (C=O) groups is 1. The van der Waals surface area contributed by atoms with Gasteiger partial charge in [0.15, 0.2) is 5.78 Å². The Hall–Kier alpha value is -0.790. The highest BCUT2D eigenvalue weighted by Crippen LogP contribution is 2.41. The number of carbonyl (C=O) groups excluding carboxylic acids is 1. The minimum atomic E-state index is 0.374. The van der Waals surface area contributed by atoms with Gasteiger partial charge in [-0.15, -0.1) is 0 Å². The van der Waals surface area contributed by atoms with E-state index in [4.69, 9.17) is 0 Å². The molecule has 2 heteroatoms. The highest BCUT2D eigenvalue weighted by Gasteiger charge is 2.32. The van der Waals surface area contributed by atoms with E-state index in [0.717, 1.165) is 36.7 Å². The van der Waals surface area contributed by atoms with Crippen LogP contribution in [0.15, 0.2) is 11.8 Å². The lowest BCUT2D eigenvalue weighted by molar-refractivity contribution is -0.117. The topological polar surface area (TPSA) is 20.3 Å². The van der Waals surface area contributed by atoms with Crippen molar-refractivity contribution in [2.24, 2.45) is 11.8 Å². The second kappa shape index (κ2) is 4.38. The van der Waals surface area contributed by atoms with Crippen molar-refractivity contribution >= 4 is 5.78 Å².